The first-order chi connectivity index (χ1) is 16.1. The number of carbonyl (C=O) groups excluding carboxylic acids is 1. The van der Waals surface area contributed by atoms with Gasteiger partial charge in [-0.1, -0.05) is 66.7 Å². The number of likely N-dealkylation sites (N-methyl/N-ethyl adjacent to an activating group) is 1. The Labute approximate surface area is 194 Å². The summed E-state index contributed by atoms with van der Waals surface area (Å²) in [4.78, 5) is 15.5. The Bertz CT molecular complexity index is 1180. The molecule has 0 unspecified atom stereocenters. The second-order valence-corrected chi connectivity index (χ2v) is 8.46. The van der Waals surface area contributed by atoms with Gasteiger partial charge in [-0.05, 0) is 36.2 Å². The van der Waals surface area contributed by atoms with Gasteiger partial charge in [-0.25, -0.2) is 0 Å². The lowest BCUT2D eigenvalue weighted by molar-refractivity contribution is 0.0925. The SMILES string of the molecule is COc1c2c(cc3c1[C@H](CC(=O)c1ccc(/C=C/c4ccccc4)cc1)N(C)CC3)OCO2. The van der Waals surface area contributed by atoms with Crippen molar-refractivity contribution in [2.24, 2.45) is 0 Å². The van der Waals surface area contributed by atoms with E-state index in [-0.39, 0.29) is 18.6 Å². The molecule has 0 N–H and O–H groups in total. The Morgan fingerprint density at radius 1 is 1.06 bits per heavy atom. The lowest BCUT2D eigenvalue weighted by Gasteiger charge is -2.35. The molecule has 0 aromatic heterocycles. The van der Waals surface area contributed by atoms with E-state index in [1.807, 2.05) is 48.5 Å². The predicted molar refractivity (Wildman–Crippen MR) is 129 cm³/mol. The lowest BCUT2D eigenvalue weighted by Crippen LogP contribution is -2.34. The number of ketones is 1. The monoisotopic (exact) mass is 441 g/mol. The average molecular weight is 442 g/mol. The maximum absolute atomic E-state index is 13.3. The first-order valence-corrected chi connectivity index (χ1v) is 11.2. The van der Waals surface area contributed by atoms with Crippen LogP contribution in [0.15, 0.2) is 60.7 Å². The van der Waals surface area contributed by atoms with Crippen molar-refractivity contribution in [3.05, 3.63) is 88.5 Å². The highest BCUT2D eigenvalue weighted by molar-refractivity contribution is 5.97. The topological polar surface area (TPSA) is 48.0 Å². The van der Waals surface area contributed by atoms with Crippen molar-refractivity contribution in [2.45, 2.75) is 18.9 Å². The van der Waals surface area contributed by atoms with Crippen molar-refractivity contribution < 1.29 is 19.0 Å². The van der Waals surface area contributed by atoms with Crippen LogP contribution in [-0.4, -0.2) is 38.2 Å². The Morgan fingerprint density at radius 3 is 2.52 bits per heavy atom. The van der Waals surface area contributed by atoms with Crippen LogP contribution in [0.25, 0.3) is 12.2 Å². The van der Waals surface area contributed by atoms with Gasteiger partial charge >= 0.3 is 0 Å². The van der Waals surface area contributed by atoms with E-state index >= 15 is 0 Å². The molecule has 0 bridgehead atoms. The van der Waals surface area contributed by atoms with Crippen molar-refractivity contribution in [1.29, 1.82) is 0 Å². The molecule has 168 valence electrons. The van der Waals surface area contributed by atoms with Crippen molar-refractivity contribution in [1.82, 2.24) is 4.90 Å². The zero-order chi connectivity index (χ0) is 22.8. The van der Waals surface area contributed by atoms with Crippen LogP contribution in [0.5, 0.6) is 17.2 Å². The minimum Gasteiger partial charge on any atom is -0.492 e. The molecule has 33 heavy (non-hydrogen) atoms. The minimum atomic E-state index is -0.0802. The van der Waals surface area contributed by atoms with Crippen LogP contribution in [0.1, 0.15) is 45.1 Å². The fraction of sp³-hybridized carbons (Fsp3) is 0.250. The summed E-state index contributed by atoms with van der Waals surface area (Å²) in [5, 5.41) is 0. The van der Waals surface area contributed by atoms with Crippen LogP contribution in [-0.2, 0) is 6.42 Å². The molecule has 2 aliphatic rings. The van der Waals surface area contributed by atoms with Gasteiger partial charge in [-0.15, -0.1) is 0 Å². The van der Waals surface area contributed by atoms with E-state index in [0.717, 1.165) is 41.0 Å². The molecule has 0 radical (unpaired) electrons. The molecule has 0 aliphatic carbocycles. The third-order valence-electron chi connectivity index (χ3n) is 6.43. The number of methoxy groups -OCH3 is 1. The van der Waals surface area contributed by atoms with Gasteiger partial charge in [0.1, 0.15) is 0 Å². The molecule has 3 aromatic rings. The van der Waals surface area contributed by atoms with Crippen molar-refractivity contribution in [3.63, 3.8) is 0 Å². The Balaban J connectivity index is 1.37. The zero-order valence-electron chi connectivity index (χ0n) is 18.9. The van der Waals surface area contributed by atoms with Gasteiger partial charge in [-0.3, -0.25) is 9.69 Å². The van der Waals surface area contributed by atoms with E-state index in [9.17, 15) is 4.79 Å². The predicted octanol–water partition coefficient (Wildman–Crippen LogP) is 5.40. The minimum absolute atomic E-state index is 0.0802. The van der Waals surface area contributed by atoms with Gasteiger partial charge in [0.2, 0.25) is 12.5 Å². The molecule has 2 aliphatic heterocycles. The van der Waals surface area contributed by atoms with Crippen LogP contribution in [0.2, 0.25) is 0 Å². The molecule has 1 atom stereocenters. The summed E-state index contributed by atoms with van der Waals surface area (Å²) in [6, 6.07) is 19.9. The number of carbonyl (C=O) groups is 1. The third kappa shape index (κ3) is 4.24. The molecular formula is C28H27NO4. The van der Waals surface area contributed by atoms with Gasteiger partial charge < -0.3 is 14.2 Å². The van der Waals surface area contributed by atoms with E-state index in [1.54, 1.807) is 7.11 Å². The highest BCUT2D eigenvalue weighted by atomic mass is 16.7. The van der Waals surface area contributed by atoms with Crippen molar-refractivity contribution >= 4 is 17.9 Å². The zero-order valence-corrected chi connectivity index (χ0v) is 18.9. The van der Waals surface area contributed by atoms with Crippen LogP contribution in [0.4, 0.5) is 0 Å². The van der Waals surface area contributed by atoms with E-state index < -0.39 is 0 Å². The quantitative estimate of drug-likeness (QED) is 0.379. The van der Waals surface area contributed by atoms with Gasteiger partial charge in [0.05, 0.1) is 7.11 Å². The molecule has 3 aromatic carbocycles. The molecule has 5 nitrogen and oxygen atoms in total. The summed E-state index contributed by atoms with van der Waals surface area (Å²) in [6.45, 7) is 1.07. The second kappa shape index (κ2) is 9.12. The second-order valence-electron chi connectivity index (χ2n) is 8.46. The maximum Gasteiger partial charge on any atom is 0.231 e. The molecule has 2 heterocycles. The Morgan fingerprint density at radius 2 is 1.79 bits per heavy atom. The first kappa shape index (κ1) is 21.3. The Hall–Kier alpha value is -3.57. The Kier molecular flexibility index (Phi) is 5.88. The summed E-state index contributed by atoms with van der Waals surface area (Å²) in [7, 11) is 3.70. The van der Waals surface area contributed by atoms with E-state index in [0.29, 0.717) is 23.5 Å². The van der Waals surface area contributed by atoms with E-state index in [4.69, 9.17) is 14.2 Å². The van der Waals surface area contributed by atoms with Crippen molar-refractivity contribution in [3.8, 4) is 17.2 Å². The fourth-order valence-corrected chi connectivity index (χ4v) is 4.61. The average Bonchev–Trinajstić information content (AvgIpc) is 3.32. The molecule has 0 saturated carbocycles. The van der Waals surface area contributed by atoms with Gasteiger partial charge in [0.15, 0.2) is 17.3 Å². The summed E-state index contributed by atoms with van der Waals surface area (Å²) in [5.74, 6) is 2.15. The molecule has 0 amide bonds. The summed E-state index contributed by atoms with van der Waals surface area (Å²) in [5.41, 5.74) is 5.11. The number of nitrogens with zero attached hydrogens (tertiary/aromatic N) is 1. The molecule has 5 heteroatoms. The highest BCUT2D eigenvalue weighted by Crippen LogP contribution is 2.50. The number of Topliss-reactive ketones (excluding diaryl/α,β-unsaturated/α-hetero) is 1. The first-order valence-electron chi connectivity index (χ1n) is 11.2. The third-order valence-corrected chi connectivity index (χ3v) is 6.43. The summed E-state index contributed by atoms with van der Waals surface area (Å²) < 4.78 is 17.0. The highest BCUT2D eigenvalue weighted by Gasteiger charge is 2.35. The molecular weight excluding hydrogens is 414 g/mol. The molecule has 0 saturated heterocycles. The number of fused-ring (bicyclic) bond motifs is 2. The van der Waals surface area contributed by atoms with Crippen LogP contribution < -0.4 is 14.2 Å². The lowest BCUT2D eigenvalue weighted by atomic mass is 9.87. The number of hydrogen-bond donors (Lipinski definition) is 0. The summed E-state index contributed by atoms with van der Waals surface area (Å²) >= 11 is 0. The molecule has 0 fully saturated rings. The number of benzene rings is 3. The summed E-state index contributed by atoms with van der Waals surface area (Å²) in [6.07, 6.45) is 5.38. The van der Waals surface area contributed by atoms with Gasteiger partial charge in [0, 0.05) is 30.1 Å². The molecule has 5 rings (SSSR count). The normalized spacial score (nSPS) is 17.2. The standard InChI is InChI=1S/C28H27NO4/c1-29-15-14-22-16-25-27(33-18-32-25)28(31-2)26(22)23(29)17-24(30)21-12-10-20(11-13-21)9-8-19-6-4-3-5-7-19/h3-13,16,23H,14-15,17-18H2,1-2H3/b9-8+/t23-/m0/s1. The van der Waals surface area contributed by atoms with Gasteiger partial charge in [0.25, 0.3) is 0 Å². The smallest absolute Gasteiger partial charge is 0.231 e. The van der Waals surface area contributed by atoms with Crippen LogP contribution in [0, 0.1) is 0 Å². The van der Waals surface area contributed by atoms with E-state index in [1.165, 1.54) is 0 Å². The van der Waals surface area contributed by atoms with Crippen molar-refractivity contribution in [2.75, 3.05) is 27.5 Å². The van der Waals surface area contributed by atoms with Crippen LogP contribution >= 0.6 is 0 Å². The number of hydrogen-bond acceptors (Lipinski definition) is 5. The number of ether oxygens (including phenoxy) is 3. The maximum atomic E-state index is 13.3. The van der Waals surface area contributed by atoms with Gasteiger partial charge in [-0.2, -0.15) is 0 Å². The molecule has 0 spiro atoms. The van der Waals surface area contributed by atoms with E-state index in [2.05, 4.69) is 36.2 Å². The largest absolute Gasteiger partial charge is 0.492 e. The van der Waals surface area contributed by atoms with Crippen LogP contribution in [0.3, 0.4) is 0 Å². The fourth-order valence-electron chi connectivity index (χ4n) is 4.61. The number of rotatable bonds is 6.